The number of nitrogens with two attached hydrogens (primary N) is 1. The Kier molecular flexibility index (Phi) is 3.00. The van der Waals surface area contributed by atoms with E-state index in [9.17, 15) is 4.79 Å². The van der Waals surface area contributed by atoms with Gasteiger partial charge in [-0.1, -0.05) is 13.8 Å². The molecule has 4 heteroatoms. The maximum absolute atomic E-state index is 12.3. The van der Waals surface area contributed by atoms with E-state index < -0.39 is 0 Å². The Labute approximate surface area is 102 Å². The summed E-state index contributed by atoms with van der Waals surface area (Å²) in [6, 6.07) is 1.90. The van der Waals surface area contributed by atoms with Gasteiger partial charge in [0, 0.05) is 19.1 Å². The van der Waals surface area contributed by atoms with Gasteiger partial charge in [0.1, 0.15) is 5.76 Å². The summed E-state index contributed by atoms with van der Waals surface area (Å²) in [4.78, 5) is 14.2. The molecule has 0 bridgehead atoms. The van der Waals surface area contributed by atoms with Gasteiger partial charge in [0.05, 0.1) is 11.8 Å². The molecule has 94 valence electrons. The molecule has 1 saturated heterocycles. The lowest BCUT2D eigenvalue weighted by molar-refractivity contribution is 0.0531. The van der Waals surface area contributed by atoms with Gasteiger partial charge < -0.3 is 15.1 Å². The van der Waals surface area contributed by atoms with E-state index in [0.717, 1.165) is 13.0 Å². The molecule has 2 heterocycles. The molecule has 2 rings (SSSR count). The highest BCUT2D eigenvalue weighted by molar-refractivity contribution is 5.95. The van der Waals surface area contributed by atoms with Crippen LogP contribution < -0.4 is 5.73 Å². The first-order chi connectivity index (χ1) is 7.92. The van der Waals surface area contributed by atoms with Crippen LogP contribution in [0.3, 0.4) is 0 Å². The van der Waals surface area contributed by atoms with Crippen LogP contribution in [0.4, 0.5) is 0 Å². The van der Waals surface area contributed by atoms with Crippen LogP contribution in [0.1, 0.15) is 36.4 Å². The molecule has 1 amide bonds. The zero-order valence-electron chi connectivity index (χ0n) is 10.7. The fourth-order valence-electron chi connectivity index (χ4n) is 2.32. The highest BCUT2D eigenvalue weighted by Crippen LogP contribution is 2.29. The van der Waals surface area contributed by atoms with Gasteiger partial charge in [-0.05, 0) is 24.8 Å². The number of aryl methyl sites for hydroxylation is 1. The lowest BCUT2D eigenvalue weighted by Gasteiger charge is -2.42. The number of likely N-dealkylation sites (tertiary alicyclic amines) is 1. The lowest BCUT2D eigenvalue weighted by atomic mass is 9.79. The summed E-state index contributed by atoms with van der Waals surface area (Å²) in [6.45, 7) is 7.47. The number of carbonyl (C=O) groups excluding carboxylic acids is 1. The van der Waals surface area contributed by atoms with E-state index >= 15 is 0 Å². The summed E-state index contributed by atoms with van der Waals surface area (Å²) >= 11 is 0. The van der Waals surface area contributed by atoms with Gasteiger partial charge in [-0.15, -0.1) is 0 Å². The van der Waals surface area contributed by atoms with Crippen LogP contribution in [-0.2, 0) is 0 Å². The Bertz CT molecular complexity index is 423. The summed E-state index contributed by atoms with van der Waals surface area (Å²) in [6.07, 6.45) is 2.42. The predicted molar refractivity (Wildman–Crippen MR) is 65.7 cm³/mol. The van der Waals surface area contributed by atoms with Crippen molar-refractivity contribution >= 4 is 5.91 Å². The summed E-state index contributed by atoms with van der Waals surface area (Å²) in [5.41, 5.74) is 6.71. The fraction of sp³-hybridized carbons (Fsp3) is 0.615. The number of nitrogens with zero attached hydrogens (tertiary/aromatic N) is 1. The van der Waals surface area contributed by atoms with Crippen LogP contribution in [0, 0.1) is 12.3 Å². The van der Waals surface area contributed by atoms with Crippen LogP contribution in [-0.4, -0.2) is 29.9 Å². The van der Waals surface area contributed by atoms with E-state index in [-0.39, 0.29) is 17.4 Å². The third-order valence-corrected chi connectivity index (χ3v) is 3.69. The van der Waals surface area contributed by atoms with Crippen LogP contribution in [0.2, 0.25) is 0 Å². The number of rotatable bonds is 1. The van der Waals surface area contributed by atoms with Crippen LogP contribution in [0.25, 0.3) is 0 Å². The van der Waals surface area contributed by atoms with Gasteiger partial charge in [-0.2, -0.15) is 0 Å². The Morgan fingerprint density at radius 2 is 2.29 bits per heavy atom. The van der Waals surface area contributed by atoms with E-state index in [2.05, 4.69) is 13.8 Å². The third-order valence-electron chi connectivity index (χ3n) is 3.69. The number of furan rings is 1. The summed E-state index contributed by atoms with van der Waals surface area (Å²) < 4.78 is 5.18. The van der Waals surface area contributed by atoms with Gasteiger partial charge in [-0.25, -0.2) is 0 Å². The monoisotopic (exact) mass is 236 g/mol. The first-order valence-electron chi connectivity index (χ1n) is 6.01. The Morgan fingerprint density at radius 1 is 1.59 bits per heavy atom. The predicted octanol–water partition coefficient (Wildman–Crippen LogP) is 1.79. The molecule has 0 aliphatic carbocycles. The molecule has 1 aliphatic heterocycles. The van der Waals surface area contributed by atoms with Crippen molar-refractivity contribution in [1.82, 2.24) is 4.90 Å². The normalized spacial score (nSPS) is 23.8. The van der Waals surface area contributed by atoms with Gasteiger partial charge in [-0.3, -0.25) is 4.79 Å². The molecule has 4 nitrogen and oxygen atoms in total. The lowest BCUT2D eigenvalue weighted by Crippen LogP contribution is -2.54. The molecule has 0 saturated carbocycles. The largest absolute Gasteiger partial charge is 0.469 e. The maximum atomic E-state index is 12.3. The number of hydrogen-bond acceptors (Lipinski definition) is 3. The van der Waals surface area contributed by atoms with Crippen molar-refractivity contribution in [2.75, 3.05) is 13.1 Å². The average Bonchev–Trinajstić information content (AvgIpc) is 2.67. The van der Waals surface area contributed by atoms with Crippen LogP contribution in [0.5, 0.6) is 0 Å². The van der Waals surface area contributed by atoms with Crippen molar-refractivity contribution in [3.05, 3.63) is 23.7 Å². The zero-order chi connectivity index (χ0) is 12.6. The topological polar surface area (TPSA) is 59.5 Å². The van der Waals surface area contributed by atoms with Crippen molar-refractivity contribution < 1.29 is 9.21 Å². The minimum absolute atomic E-state index is 0.0223. The molecule has 1 fully saturated rings. The minimum atomic E-state index is -0.0223. The van der Waals surface area contributed by atoms with Crippen LogP contribution >= 0.6 is 0 Å². The fourth-order valence-corrected chi connectivity index (χ4v) is 2.32. The highest BCUT2D eigenvalue weighted by Gasteiger charge is 2.36. The van der Waals surface area contributed by atoms with Gasteiger partial charge in [0.15, 0.2) is 0 Å². The SMILES string of the molecule is Cc1occc1C(=O)N1CCC(N)C(C)(C)C1. The molecule has 0 radical (unpaired) electrons. The van der Waals surface area contributed by atoms with Crippen molar-refractivity contribution in [1.29, 1.82) is 0 Å². The molecular weight excluding hydrogens is 216 g/mol. The van der Waals surface area contributed by atoms with E-state index in [4.69, 9.17) is 10.2 Å². The molecule has 1 unspecified atom stereocenters. The number of amides is 1. The third kappa shape index (κ3) is 2.22. The quantitative estimate of drug-likeness (QED) is 0.808. The molecular formula is C13H20N2O2. The molecule has 0 aromatic carbocycles. The molecule has 1 atom stereocenters. The first-order valence-corrected chi connectivity index (χ1v) is 6.01. The summed E-state index contributed by atoms with van der Waals surface area (Å²) in [5, 5.41) is 0. The molecule has 1 aromatic heterocycles. The zero-order valence-corrected chi connectivity index (χ0v) is 10.7. The summed E-state index contributed by atoms with van der Waals surface area (Å²) in [5.74, 6) is 0.735. The second-order valence-electron chi connectivity index (χ2n) is 5.50. The number of hydrogen-bond donors (Lipinski definition) is 1. The smallest absolute Gasteiger partial charge is 0.257 e. The number of carbonyl (C=O) groups is 1. The van der Waals surface area contributed by atoms with E-state index in [0.29, 0.717) is 17.9 Å². The Balaban J connectivity index is 2.15. The van der Waals surface area contributed by atoms with Crippen molar-refractivity contribution in [2.45, 2.75) is 33.2 Å². The standard InChI is InChI=1S/C13H20N2O2/c1-9-10(5-7-17-9)12(16)15-6-4-11(14)13(2,3)8-15/h5,7,11H,4,6,8,14H2,1-3H3. The molecule has 1 aliphatic rings. The van der Waals surface area contributed by atoms with Gasteiger partial charge in [0.2, 0.25) is 0 Å². The van der Waals surface area contributed by atoms with E-state index in [1.165, 1.54) is 0 Å². The Hall–Kier alpha value is -1.29. The van der Waals surface area contributed by atoms with Crippen molar-refractivity contribution in [2.24, 2.45) is 11.1 Å². The minimum Gasteiger partial charge on any atom is -0.469 e. The highest BCUT2D eigenvalue weighted by atomic mass is 16.3. The van der Waals surface area contributed by atoms with Crippen LogP contribution in [0.15, 0.2) is 16.7 Å². The molecule has 1 aromatic rings. The molecule has 2 N–H and O–H groups in total. The summed E-state index contributed by atoms with van der Waals surface area (Å²) in [7, 11) is 0. The maximum Gasteiger partial charge on any atom is 0.257 e. The second kappa shape index (κ2) is 4.18. The van der Waals surface area contributed by atoms with Crippen molar-refractivity contribution in [3.63, 3.8) is 0 Å². The van der Waals surface area contributed by atoms with Gasteiger partial charge in [0.25, 0.3) is 5.91 Å². The second-order valence-corrected chi connectivity index (χ2v) is 5.50. The van der Waals surface area contributed by atoms with Gasteiger partial charge >= 0.3 is 0 Å². The van der Waals surface area contributed by atoms with E-state index in [1.54, 1.807) is 12.3 Å². The van der Waals surface area contributed by atoms with E-state index in [1.807, 2.05) is 11.8 Å². The number of piperidine rings is 1. The van der Waals surface area contributed by atoms with Crippen molar-refractivity contribution in [3.8, 4) is 0 Å². The average molecular weight is 236 g/mol. The Morgan fingerprint density at radius 3 is 2.82 bits per heavy atom. The molecule has 0 spiro atoms. The first kappa shape index (κ1) is 12.2. The molecule has 17 heavy (non-hydrogen) atoms.